The molecule has 0 saturated carbocycles. The lowest BCUT2D eigenvalue weighted by molar-refractivity contribution is -0.130. The minimum absolute atomic E-state index is 0.106. The molecule has 1 atom stereocenters. The van der Waals surface area contributed by atoms with Crippen LogP contribution in [-0.4, -0.2) is 30.0 Å². The number of hydrogen-bond donors (Lipinski definition) is 1. The van der Waals surface area contributed by atoms with Crippen LogP contribution in [0.3, 0.4) is 0 Å². The number of likely N-dealkylation sites (tertiary alicyclic amines) is 1. The highest BCUT2D eigenvalue weighted by Crippen LogP contribution is 2.20. The van der Waals surface area contributed by atoms with E-state index in [0.29, 0.717) is 13.0 Å². The van der Waals surface area contributed by atoms with Crippen molar-refractivity contribution in [1.29, 1.82) is 0 Å². The molecule has 1 unspecified atom stereocenters. The van der Waals surface area contributed by atoms with Crippen LogP contribution in [0, 0.1) is 0 Å². The fraction of sp³-hybridized carbons (Fsp3) is 0.500. The summed E-state index contributed by atoms with van der Waals surface area (Å²) in [4.78, 5) is 13.6. The zero-order valence-electron chi connectivity index (χ0n) is 10.8. The predicted octanol–water partition coefficient (Wildman–Crippen LogP) is 2.05. The van der Waals surface area contributed by atoms with Gasteiger partial charge in [-0.15, -0.1) is 0 Å². The van der Waals surface area contributed by atoms with E-state index in [0.717, 1.165) is 30.8 Å². The average molecular weight is 248 g/mol. The molecule has 0 radical (unpaired) electrons. The van der Waals surface area contributed by atoms with Gasteiger partial charge in [-0.05, 0) is 30.7 Å². The topological polar surface area (TPSA) is 55.6 Å². The zero-order chi connectivity index (χ0) is 13.0. The molecule has 4 nitrogen and oxygen atoms in total. The van der Waals surface area contributed by atoms with Gasteiger partial charge in [-0.3, -0.25) is 4.79 Å². The monoisotopic (exact) mass is 248 g/mol. The summed E-state index contributed by atoms with van der Waals surface area (Å²) in [6.45, 7) is 3.53. The molecular formula is C14H20N2O2. The van der Waals surface area contributed by atoms with Crippen LogP contribution >= 0.6 is 0 Å². The molecule has 1 saturated heterocycles. The van der Waals surface area contributed by atoms with E-state index in [1.54, 1.807) is 0 Å². The minimum Gasteiger partial charge on any atom is -0.489 e. The highest BCUT2D eigenvalue weighted by Gasteiger charge is 2.26. The molecule has 1 amide bonds. The number of ether oxygens (including phenoxy) is 1. The summed E-state index contributed by atoms with van der Waals surface area (Å²) in [6, 6.07) is 7.38. The predicted molar refractivity (Wildman–Crippen MR) is 71.4 cm³/mol. The van der Waals surface area contributed by atoms with Gasteiger partial charge in [-0.25, -0.2) is 0 Å². The number of rotatable bonds is 4. The van der Waals surface area contributed by atoms with E-state index in [9.17, 15) is 4.79 Å². The SMILES string of the molecule is CCCC(=O)N1CCC(Oc2ccc(N)cc2)C1. The molecule has 2 rings (SSSR count). The van der Waals surface area contributed by atoms with Crippen LogP contribution in [0.4, 0.5) is 5.69 Å². The number of hydrogen-bond acceptors (Lipinski definition) is 3. The van der Waals surface area contributed by atoms with Gasteiger partial charge in [0.2, 0.25) is 5.91 Å². The van der Waals surface area contributed by atoms with Crippen LogP contribution in [0.5, 0.6) is 5.75 Å². The van der Waals surface area contributed by atoms with Crippen molar-refractivity contribution in [2.24, 2.45) is 0 Å². The van der Waals surface area contributed by atoms with Crippen molar-refractivity contribution in [2.45, 2.75) is 32.3 Å². The van der Waals surface area contributed by atoms with E-state index in [1.165, 1.54) is 0 Å². The maximum absolute atomic E-state index is 11.7. The summed E-state index contributed by atoms with van der Waals surface area (Å²) in [5.41, 5.74) is 6.35. The maximum atomic E-state index is 11.7. The van der Waals surface area contributed by atoms with Crippen molar-refractivity contribution in [2.75, 3.05) is 18.8 Å². The molecule has 18 heavy (non-hydrogen) atoms. The summed E-state index contributed by atoms with van der Waals surface area (Å²) in [7, 11) is 0. The van der Waals surface area contributed by atoms with E-state index in [1.807, 2.05) is 36.1 Å². The van der Waals surface area contributed by atoms with Gasteiger partial charge in [0.1, 0.15) is 11.9 Å². The Morgan fingerprint density at radius 2 is 2.17 bits per heavy atom. The van der Waals surface area contributed by atoms with E-state index >= 15 is 0 Å². The Morgan fingerprint density at radius 3 is 2.83 bits per heavy atom. The molecule has 1 aliphatic rings. The van der Waals surface area contributed by atoms with Crippen LogP contribution < -0.4 is 10.5 Å². The summed E-state index contributed by atoms with van der Waals surface area (Å²) in [6.07, 6.45) is 2.54. The molecule has 0 aromatic heterocycles. The van der Waals surface area contributed by atoms with E-state index in [-0.39, 0.29) is 12.0 Å². The first-order chi connectivity index (χ1) is 8.69. The van der Waals surface area contributed by atoms with Gasteiger partial charge in [-0.1, -0.05) is 6.92 Å². The first-order valence-corrected chi connectivity index (χ1v) is 6.49. The lowest BCUT2D eigenvalue weighted by Crippen LogP contribution is -2.30. The number of anilines is 1. The van der Waals surface area contributed by atoms with Gasteiger partial charge in [0.05, 0.1) is 6.54 Å². The molecule has 0 spiro atoms. The van der Waals surface area contributed by atoms with Gasteiger partial charge in [0.25, 0.3) is 0 Å². The first-order valence-electron chi connectivity index (χ1n) is 6.49. The Balaban J connectivity index is 1.86. The highest BCUT2D eigenvalue weighted by atomic mass is 16.5. The third-order valence-electron chi connectivity index (χ3n) is 3.14. The minimum atomic E-state index is 0.106. The number of nitrogens with zero attached hydrogens (tertiary/aromatic N) is 1. The van der Waals surface area contributed by atoms with Gasteiger partial charge >= 0.3 is 0 Å². The molecule has 98 valence electrons. The number of nitrogens with two attached hydrogens (primary N) is 1. The number of carbonyl (C=O) groups is 1. The van der Waals surface area contributed by atoms with Gasteiger partial charge < -0.3 is 15.4 Å². The first kappa shape index (κ1) is 12.7. The van der Waals surface area contributed by atoms with Crippen molar-refractivity contribution in [3.63, 3.8) is 0 Å². The molecule has 1 aromatic carbocycles. The van der Waals surface area contributed by atoms with E-state index in [2.05, 4.69) is 0 Å². The smallest absolute Gasteiger partial charge is 0.222 e. The van der Waals surface area contributed by atoms with Gasteiger partial charge in [0.15, 0.2) is 0 Å². The largest absolute Gasteiger partial charge is 0.489 e. The Labute approximate surface area is 108 Å². The number of amides is 1. The third-order valence-corrected chi connectivity index (χ3v) is 3.14. The zero-order valence-corrected chi connectivity index (χ0v) is 10.8. The van der Waals surface area contributed by atoms with Crippen molar-refractivity contribution in [3.8, 4) is 5.75 Å². The Hall–Kier alpha value is -1.71. The standard InChI is InChI=1S/C14H20N2O2/c1-2-3-14(17)16-9-8-13(10-16)18-12-6-4-11(15)5-7-12/h4-7,13H,2-3,8-10,15H2,1H3. The van der Waals surface area contributed by atoms with Gasteiger partial charge in [0, 0.05) is 25.1 Å². The van der Waals surface area contributed by atoms with E-state index < -0.39 is 0 Å². The third kappa shape index (κ3) is 3.15. The lowest BCUT2D eigenvalue weighted by Gasteiger charge is -2.17. The molecule has 0 aliphatic carbocycles. The van der Waals surface area contributed by atoms with Crippen molar-refractivity contribution in [1.82, 2.24) is 4.90 Å². The molecular weight excluding hydrogens is 228 g/mol. The van der Waals surface area contributed by atoms with Crippen LogP contribution in [0.1, 0.15) is 26.2 Å². The molecule has 2 N–H and O–H groups in total. The lowest BCUT2D eigenvalue weighted by atomic mass is 10.3. The second-order valence-corrected chi connectivity index (χ2v) is 4.69. The van der Waals surface area contributed by atoms with Crippen LogP contribution in [-0.2, 0) is 4.79 Å². The number of carbonyl (C=O) groups excluding carboxylic acids is 1. The summed E-state index contributed by atoms with van der Waals surface area (Å²) in [5.74, 6) is 1.06. The molecule has 1 aromatic rings. The van der Waals surface area contributed by atoms with Gasteiger partial charge in [-0.2, -0.15) is 0 Å². The van der Waals surface area contributed by atoms with Crippen LogP contribution in [0.15, 0.2) is 24.3 Å². The number of nitrogen functional groups attached to an aromatic ring is 1. The van der Waals surface area contributed by atoms with Crippen molar-refractivity contribution in [3.05, 3.63) is 24.3 Å². The Kier molecular flexibility index (Phi) is 4.07. The quantitative estimate of drug-likeness (QED) is 0.830. The molecule has 1 aliphatic heterocycles. The summed E-state index contributed by atoms with van der Waals surface area (Å²) in [5, 5.41) is 0. The second kappa shape index (κ2) is 5.76. The summed E-state index contributed by atoms with van der Waals surface area (Å²) < 4.78 is 5.84. The van der Waals surface area contributed by atoms with Crippen LogP contribution in [0.2, 0.25) is 0 Å². The highest BCUT2D eigenvalue weighted by molar-refractivity contribution is 5.76. The molecule has 1 fully saturated rings. The summed E-state index contributed by atoms with van der Waals surface area (Å²) >= 11 is 0. The average Bonchev–Trinajstić information content (AvgIpc) is 2.81. The van der Waals surface area contributed by atoms with Crippen molar-refractivity contribution >= 4 is 11.6 Å². The fourth-order valence-electron chi connectivity index (χ4n) is 2.16. The van der Waals surface area contributed by atoms with E-state index in [4.69, 9.17) is 10.5 Å². The maximum Gasteiger partial charge on any atom is 0.222 e. The van der Waals surface area contributed by atoms with Crippen LogP contribution in [0.25, 0.3) is 0 Å². The molecule has 1 heterocycles. The Bertz CT molecular complexity index is 403. The fourth-order valence-corrected chi connectivity index (χ4v) is 2.16. The molecule has 4 heteroatoms. The second-order valence-electron chi connectivity index (χ2n) is 4.69. The number of benzene rings is 1. The normalized spacial score (nSPS) is 18.9. The molecule has 0 bridgehead atoms. The van der Waals surface area contributed by atoms with Crippen molar-refractivity contribution < 1.29 is 9.53 Å². The Morgan fingerprint density at radius 1 is 1.44 bits per heavy atom.